The van der Waals surface area contributed by atoms with Gasteiger partial charge < -0.3 is 10.6 Å². The smallest absolute Gasteiger partial charge is 0.232 e. The lowest BCUT2D eigenvalue weighted by Gasteiger charge is -2.29. The molecule has 3 rings (SSSR count). The van der Waals surface area contributed by atoms with Gasteiger partial charge in [-0.15, -0.1) is 0 Å². The maximum Gasteiger partial charge on any atom is 0.232 e. The van der Waals surface area contributed by atoms with Crippen LogP contribution in [0.1, 0.15) is 24.8 Å². The fourth-order valence-electron chi connectivity index (χ4n) is 3.31. The van der Waals surface area contributed by atoms with Crippen molar-refractivity contribution in [3.63, 3.8) is 0 Å². The summed E-state index contributed by atoms with van der Waals surface area (Å²) in [5, 5.41) is 6.23. The van der Waals surface area contributed by atoms with Gasteiger partial charge in [0.05, 0.1) is 11.9 Å². The Morgan fingerprint density at radius 1 is 1.30 bits per heavy atom. The molecule has 0 bridgehead atoms. The van der Waals surface area contributed by atoms with Crippen LogP contribution in [-0.2, 0) is 21.2 Å². The van der Waals surface area contributed by atoms with Gasteiger partial charge >= 0.3 is 0 Å². The fourth-order valence-corrected chi connectivity index (χ4v) is 4.31. The van der Waals surface area contributed by atoms with Gasteiger partial charge in [0.2, 0.25) is 15.9 Å². The molecule has 2 N–H and O–H groups in total. The summed E-state index contributed by atoms with van der Waals surface area (Å²) in [4.78, 5) is 12.3. The van der Waals surface area contributed by atoms with Gasteiger partial charge in [-0.05, 0) is 62.5 Å². The van der Waals surface area contributed by atoms with Crippen LogP contribution in [0.15, 0.2) is 18.2 Å². The first kappa shape index (κ1) is 16.3. The highest BCUT2D eigenvalue weighted by molar-refractivity contribution is 7.92. The lowest BCUT2D eigenvalue weighted by Crippen LogP contribution is -2.35. The van der Waals surface area contributed by atoms with E-state index < -0.39 is 10.0 Å². The van der Waals surface area contributed by atoms with E-state index in [2.05, 4.69) is 10.6 Å². The largest absolute Gasteiger partial charge is 0.326 e. The molecule has 0 spiro atoms. The number of nitrogens with zero attached hydrogens (tertiary/aromatic N) is 1. The third-order valence-corrected chi connectivity index (χ3v) is 5.71. The number of aryl methyl sites for hydroxylation is 1. The molecule has 1 amide bonds. The monoisotopic (exact) mass is 337 g/mol. The summed E-state index contributed by atoms with van der Waals surface area (Å²) in [5.74, 6) is 0.113. The first-order valence-corrected chi connectivity index (χ1v) is 9.92. The first-order valence-electron chi connectivity index (χ1n) is 8.07. The van der Waals surface area contributed by atoms with Crippen molar-refractivity contribution >= 4 is 27.3 Å². The van der Waals surface area contributed by atoms with Gasteiger partial charge in [0, 0.05) is 18.2 Å². The standard InChI is InChI=1S/C16H23N3O3S/c1-23(21,22)19-10-2-3-13-11-14(4-5-15(13)19)18-16(20)12-6-8-17-9-7-12/h4-5,11-12,17H,2-3,6-10H2,1H3,(H,18,20). The van der Waals surface area contributed by atoms with E-state index in [0.29, 0.717) is 6.54 Å². The number of sulfonamides is 1. The van der Waals surface area contributed by atoms with E-state index in [4.69, 9.17) is 0 Å². The Balaban J connectivity index is 1.77. The zero-order valence-corrected chi connectivity index (χ0v) is 14.2. The molecule has 6 nitrogen and oxygen atoms in total. The van der Waals surface area contributed by atoms with Crippen molar-refractivity contribution in [1.29, 1.82) is 0 Å². The summed E-state index contributed by atoms with van der Waals surface area (Å²) >= 11 is 0. The molecule has 0 aliphatic carbocycles. The van der Waals surface area contributed by atoms with Crippen LogP contribution >= 0.6 is 0 Å². The first-order chi connectivity index (χ1) is 10.9. The molecule has 2 aliphatic rings. The molecule has 0 saturated carbocycles. The molecule has 23 heavy (non-hydrogen) atoms. The van der Waals surface area contributed by atoms with Crippen molar-refractivity contribution in [3.05, 3.63) is 23.8 Å². The highest BCUT2D eigenvalue weighted by Crippen LogP contribution is 2.31. The zero-order chi connectivity index (χ0) is 16.4. The van der Waals surface area contributed by atoms with Crippen molar-refractivity contribution in [1.82, 2.24) is 5.32 Å². The number of nitrogens with one attached hydrogen (secondary N) is 2. The fraction of sp³-hybridized carbons (Fsp3) is 0.562. The van der Waals surface area contributed by atoms with E-state index in [0.717, 1.165) is 55.7 Å². The van der Waals surface area contributed by atoms with Crippen molar-refractivity contribution in [3.8, 4) is 0 Å². The summed E-state index contributed by atoms with van der Waals surface area (Å²) in [6.45, 7) is 2.28. The number of benzene rings is 1. The predicted octanol–water partition coefficient (Wildman–Crippen LogP) is 1.34. The molecule has 126 valence electrons. The number of rotatable bonds is 3. The summed E-state index contributed by atoms with van der Waals surface area (Å²) in [5.41, 5.74) is 2.46. The molecule has 0 radical (unpaired) electrons. The second kappa shape index (κ2) is 6.49. The van der Waals surface area contributed by atoms with E-state index in [1.165, 1.54) is 10.6 Å². The van der Waals surface area contributed by atoms with E-state index >= 15 is 0 Å². The molecule has 2 heterocycles. The summed E-state index contributed by atoms with van der Waals surface area (Å²) < 4.78 is 25.2. The second-order valence-electron chi connectivity index (χ2n) is 6.30. The average Bonchev–Trinajstić information content (AvgIpc) is 2.54. The molecule has 0 aromatic heterocycles. The van der Waals surface area contributed by atoms with Crippen molar-refractivity contribution in [2.45, 2.75) is 25.7 Å². The second-order valence-corrected chi connectivity index (χ2v) is 8.20. The molecule has 1 fully saturated rings. The van der Waals surface area contributed by atoms with Gasteiger partial charge in [-0.25, -0.2) is 8.42 Å². The van der Waals surface area contributed by atoms with Gasteiger partial charge in [-0.1, -0.05) is 0 Å². The summed E-state index contributed by atoms with van der Waals surface area (Å²) in [6.07, 6.45) is 4.58. The van der Waals surface area contributed by atoms with Crippen molar-refractivity contribution in [2.75, 3.05) is 35.5 Å². The van der Waals surface area contributed by atoms with Crippen LogP contribution in [0, 0.1) is 5.92 Å². The van der Waals surface area contributed by atoms with E-state index in [1.54, 1.807) is 12.1 Å². The number of fused-ring (bicyclic) bond motifs is 1. The van der Waals surface area contributed by atoms with Gasteiger partial charge in [0.1, 0.15) is 0 Å². The number of hydrogen-bond acceptors (Lipinski definition) is 4. The van der Waals surface area contributed by atoms with E-state index in [1.807, 2.05) is 6.07 Å². The Kier molecular flexibility index (Phi) is 4.59. The van der Waals surface area contributed by atoms with Gasteiger partial charge in [-0.3, -0.25) is 9.10 Å². The highest BCUT2D eigenvalue weighted by atomic mass is 32.2. The van der Waals surface area contributed by atoms with Crippen LogP contribution in [0.5, 0.6) is 0 Å². The number of carbonyl (C=O) groups is 1. The predicted molar refractivity (Wildman–Crippen MR) is 91.2 cm³/mol. The Bertz CT molecular complexity index is 697. The Hall–Kier alpha value is -1.60. The average molecular weight is 337 g/mol. The lowest BCUT2D eigenvalue weighted by atomic mass is 9.97. The minimum Gasteiger partial charge on any atom is -0.326 e. The molecule has 1 saturated heterocycles. The van der Waals surface area contributed by atoms with Gasteiger partial charge in [0.25, 0.3) is 0 Å². The quantitative estimate of drug-likeness (QED) is 0.872. The lowest BCUT2D eigenvalue weighted by molar-refractivity contribution is -0.120. The molecule has 7 heteroatoms. The SMILES string of the molecule is CS(=O)(=O)N1CCCc2cc(NC(=O)C3CCNCC3)ccc21. The van der Waals surface area contributed by atoms with E-state index in [9.17, 15) is 13.2 Å². The molecule has 0 atom stereocenters. The third-order valence-electron chi connectivity index (χ3n) is 4.53. The number of carbonyl (C=O) groups excluding carboxylic acids is 1. The van der Waals surface area contributed by atoms with Crippen LogP contribution < -0.4 is 14.9 Å². The van der Waals surface area contributed by atoms with Gasteiger partial charge in [-0.2, -0.15) is 0 Å². The Morgan fingerprint density at radius 2 is 2.04 bits per heavy atom. The van der Waals surface area contributed by atoms with Crippen molar-refractivity contribution < 1.29 is 13.2 Å². The number of hydrogen-bond donors (Lipinski definition) is 2. The number of anilines is 2. The Morgan fingerprint density at radius 3 is 2.74 bits per heavy atom. The third kappa shape index (κ3) is 3.67. The molecule has 1 aromatic carbocycles. The van der Waals surface area contributed by atoms with Gasteiger partial charge in [0.15, 0.2) is 0 Å². The zero-order valence-electron chi connectivity index (χ0n) is 13.3. The number of amides is 1. The molecule has 1 aromatic rings. The molecular weight excluding hydrogens is 314 g/mol. The van der Waals surface area contributed by atoms with Crippen LogP contribution in [0.25, 0.3) is 0 Å². The number of piperidine rings is 1. The molecule has 0 unspecified atom stereocenters. The molecular formula is C16H23N3O3S. The molecule has 2 aliphatic heterocycles. The Labute approximate surface area is 137 Å². The summed E-state index contributed by atoms with van der Waals surface area (Å²) in [6, 6.07) is 5.50. The van der Waals surface area contributed by atoms with Crippen LogP contribution in [-0.4, -0.2) is 40.2 Å². The topological polar surface area (TPSA) is 78.5 Å². The van der Waals surface area contributed by atoms with Crippen molar-refractivity contribution in [2.24, 2.45) is 5.92 Å². The van der Waals surface area contributed by atoms with Crippen LogP contribution in [0.3, 0.4) is 0 Å². The minimum absolute atomic E-state index is 0.0554. The minimum atomic E-state index is -3.25. The van der Waals surface area contributed by atoms with Crippen LogP contribution in [0.2, 0.25) is 0 Å². The summed E-state index contributed by atoms with van der Waals surface area (Å²) in [7, 11) is -3.25. The highest BCUT2D eigenvalue weighted by Gasteiger charge is 2.25. The maximum atomic E-state index is 12.3. The maximum absolute atomic E-state index is 12.3. The van der Waals surface area contributed by atoms with Crippen LogP contribution in [0.4, 0.5) is 11.4 Å². The van der Waals surface area contributed by atoms with E-state index in [-0.39, 0.29) is 11.8 Å². The normalized spacial score (nSPS) is 19.3.